The van der Waals surface area contributed by atoms with Crippen molar-refractivity contribution in [3.05, 3.63) is 46.7 Å². The van der Waals surface area contributed by atoms with Crippen LogP contribution in [0.15, 0.2) is 30.3 Å². The summed E-state index contributed by atoms with van der Waals surface area (Å²) < 4.78 is 52.3. The van der Waals surface area contributed by atoms with Crippen LogP contribution in [0.4, 0.5) is 23.2 Å². The zero-order valence-corrected chi connectivity index (χ0v) is 12.6. The second-order valence-electron chi connectivity index (χ2n) is 4.66. The van der Waals surface area contributed by atoms with Gasteiger partial charge in [-0.05, 0) is 19.1 Å². The SMILES string of the molecule is CC(C(=O)Nc1ccccc1)n1nc(C(F)F)c(Cl)c1C(F)F. The molecule has 0 aliphatic carbocycles. The first kappa shape index (κ1) is 17.3. The topological polar surface area (TPSA) is 46.9 Å². The van der Waals surface area contributed by atoms with Crippen LogP contribution >= 0.6 is 11.6 Å². The summed E-state index contributed by atoms with van der Waals surface area (Å²) in [6.45, 7) is 1.27. The summed E-state index contributed by atoms with van der Waals surface area (Å²) in [5.41, 5.74) is -1.44. The minimum Gasteiger partial charge on any atom is -0.324 e. The molecule has 0 bridgehead atoms. The van der Waals surface area contributed by atoms with E-state index in [1.807, 2.05) is 0 Å². The predicted molar refractivity (Wildman–Crippen MR) is 76.9 cm³/mol. The molecular weight excluding hydrogens is 338 g/mol. The fraction of sp³-hybridized carbons (Fsp3) is 0.286. The highest BCUT2D eigenvalue weighted by molar-refractivity contribution is 6.32. The number of alkyl halides is 4. The largest absolute Gasteiger partial charge is 0.324 e. The van der Waals surface area contributed by atoms with Crippen molar-refractivity contribution >= 4 is 23.2 Å². The van der Waals surface area contributed by atoms with Crippen molar-refractivity contribution < 1.29 is 22.4 Å². The monoisotopic (exact) mass is 349 g/mol. The van der Waals surface area contributed by atoms with Crippen LogP contribution in [0.5, 0.6) is 0 Å². The zero-order chi connectivity index (χ0) is 17.1. The van der Waals surface area contributed by atoms with Crippen LogP contribution in [-0.4, -0.2) is 15.7 Å². The van der Waals surface area contributed by atoms with Gasteiger partial charge in [0.1, 0.15) is 17.4 Å². The van der Waals surface area contributed by atoms with E-state index in [-0.39, 0.29) is 0 Å². The Labute approximate surface area is 134 Å². The highest BCUT2D eigenvalue weighted by Crippen LogP contribution is 2.36. The van der Waals surface area contributed by atoms with Crippen LogP contribution in [0.1, 0.15) is 37.2 Å². The lowest BCUT2D eigenvalue weighted by atomic mass is 10.2. The lowest BCUT2D eigenvalue weighted by Crippen LogP contribution is -2.26. The standard InChI is InChI=1S/C14H12ClF4N3O/c1-7(14(23)20-8-5-3-2-4-6-8)22-11(13(18)19)9(15)10(21-22)12(16)17/h2-7,12-13H,1H3,(H,20,23). The van der Waals surface area contributed by atoms with Gasteiger partial charge in [-0.15, -0.1) is 0 Å². The summed E-state index contributed by atoms with van der Waals surface area (Å²) in [6, 6.07) is 7.02. The molecule has 124 valence electrons. The number of anilines is 1. The van der Waals surface area contributed by atoms with Gasteiger partial charge in [0, 0.05) is 5.69 Å². The third-order valence-electron chi connectivity index (χ3n) is 3.11. The molecule has 1 amide bonds. The number of aromatic nitrogens is 2. The van der Waals surface area contributed by atoms with E-state index >= 15 is 0 Å². The summed E-state index contributed by atoms with van der Waals surface area (Å²) in [5.74, 6) is -0.682. The van der Waals surface area contributed by atoms with Crippen molar-refractivity contribution in [2.24, 2.45) is 0 Å². The molecule has 1 heterocycles. The fourth-order valence-corrected chi connectivity index (χ4v) is 2.24. The minimum atomic E-state index is -3.14. The van der Waals surface area contributed by atoms with Gasteiger partial charge >= 0.3 is 0 Å². The third-order valence-corrected chi connectivity index (χ3v) is 3.50. The molecule has 23 heavy (non-hydrogen) atoms. The Morgan fingerprint density at radius 2 is 1.78 bits per heavy atom. The van der Waals surface area contributed by atoms with Crippen LogP contribution in [0.3, 0.4) is 0 Å². The number of benzene rings is 1. The average molecular weight is 350 g/mol. The average Bonchev–Trinajstić information content (AvgIpc) is 2.85. The number of nitrogens with one attached hydrogen (secondary N) is 1. The number of carbonyl (C=O) groups is 1. The second kappa shape index (κ2) is 6.99. The zero-order valence-electron chi connectivity index (χ0n) is 11.8. The van der Waals surface area contributed by atoms with E-state index in [4.69, 9.17) is 11.6 Å². The lowest BCUT2D eigenvalue weighted by molar-refractivity contribution is -0.119. The molecule has 9 heteroatoms. The molecule has 0 saturated carbocycles. The van der Waals surface area contributed by atoms with Crippen LogP contribution in [0.25, 0.3) is 0 Å². The number of para-hydroxylation sites is 1. The van der Waals surface area contributed by atoms with Crippen molar-refractivity contribution in [2.75, 3.05) is 5.32 Å². The number of hydrogen-bond acceptors (Lipinski definition) is 2. The van der Waals surface area contributed by atoms with Gasteiger partial charge in [-0.2, -0.15) is 5.10 Å². The van der Waals surface area contributed by atoms with E-state index in [9.17, 15) is 22.4 Å². The van der Waals surface area contributed by atoms with Gasteiger partial charge in [-0.1, -0.05) is 29.8 Å². The third kappa shape index (κ3) is 3.64. The van der Waals surface area contributed by atoms with Crippen molar-refractivity contribution in [2.45, 2.75) is 25.8 Å². The Hall–Kier alpha value is -2.09. The molecule has 4 nitrogen and oxygen atoms in total. The highest BCUT2D eigenvalue weighted by atomic mass is 35.5. The molecule has 1 N–H and O–H groups in total. The number of amides is 1. The second-order valence-corrected chi connectivity index (χ2v) is 5.04. The predicted octanol–water partition coefficient (Wildman–Crippen LogP) is 4.61. The van der Waals surface area contributed by atoms with Crippen LogP contribution < -0.4 is 5.32 Å². The number of nitrogens with zero attached hydrogens (tertiary/aromatic N) is 2. The fourth-order valence-electron chi connectivity index (χ4n) is 1.96. The van der Waals surface area contributed by atoms with E-state index in [0.29, 0.717) is 10.4 Å². The molecule has 2 rings (SSSR count). The van der Waals surface area contributed by atoms with Gasteiger partial charge in [-0.25, -0.2) is 22.2 Å². The Balaban J connectivity index is 2.33. The van der Waals surface area contributed by atoms with E-state index < -0.39 is 41.2 Å². The Bertz CT molecular complexity index is 691. The number of carbonyl (C=O) groups excluding carboxylic acids is 1. The number of hydrogen-bond donors (Lipinski definition) is 1. The van der Waals surface area contributed by atoms with Gasteiger partial charge in [0.15, 0.2) is 0 Å². The van der Waals surface area contributed by atoms with Gasteiger partial charge in [0.25, 0.3) is 12.9 Å². The Morgan fingerprint density at radius 1 is 1.17 bits per heavy atom. The van der Waals surface area contributed by atoms with Crippen molar-refractivity contribution in [3.8, 4) is 0 Å². The summed E-state index contributed by atoms with van der Waals surface area (Å²) in [6.07, 6.45) is -6.26. The molecule has 1 atom stereocenters. The van der Waals surface area contributed by atoms with E-state index in [1.165, 1.54) is 6.92 Å². The molecule has 1 aromatic heterocycles. The Morgan fingerprint density at radius 3 is 2.30 bits per heavy atom. The van der Waals surface area contributed by atoms with E-state index in [0.717, 1.165) is 0 Å². The lowest BCUT2D eigenvalue weighted by Gasteiger charge is -2.15. The normalized spacial score (nSPS) is 12.7. The first-order valence-electron chi connectivity index (χ1n) is 6.53. The maximum Gasteiger partial charge on any atom is 0.283 e. The van der Waals surface area contributed by atoms with E-state index in [1.54, 1.807) is 30.3 Å². The van der Waals surface area contributed by atoms with Crippen LogP contribution in [-0.2, 0) is 4.79 Å². The summed E-state index contributed by atoms with van der Waals surface area (Å²) in [5, 5.41) is 5.05. The van der Waals surface area contributed by atoms with E-state index in [2.05, 4.69) is 10.4 Å². The molecule has 0 radical (unpaired) electrons. The quantitative estimate of drug-likeness (QED) is 0.801. The van der Waals surface area contributed by atoms with Gasteiger partial charge < -0.3 is 5.32 Å². The molecule has 2 aromatic rings. The maximum atomic E-state index is 13.1. The van der Waals surface area contributed by atoms with Gasteiger partial charge in [-0.3, -0.25) is 4.79 Å². The maximum absolute atomic E-state index is 13.1. The summed E-state index contributed by atoms with van der Waals surface area (Å²) >= 11 is 5.55. The van der Waals surface area contributed by atoms with Crippen molar-refractivity contribution in [3.63, 3.8) is 0 Å². The molecule has 0 saturated heterocycles. The molecule has 1 aromatic carbocycles. The first-order chi connectivity index (χ1) is 10.8. The number of halogens is 5. The molecular formula is C14H12ClF4N3O. The molecule has 0 aliphatic heterocycles. The smallest absolute Gasteiger partial charge is 0.283 e. The van der Waals surface area contributed by atoms with Gasteiger partial charge in [0.2, 0.25) is 5.91 Å². The van der Waals surface area contributed by atoms with Crippen molar-refractivity contribution in [1.82, 2.24) is 9.78 Å². The summed E-state index contributed by atoms with van der Waals surface area (Å²) in [4.78, 5) is 12.1. The van der Waals surface area contributed by atoms with Crippen LogP contribution in [0, 0.1) is 0 Å². The molecule has 0 fully saturated rings. The molecule has 0 aliphatic rings. The number of rotatable bonds is 5. The van der Waals surface area contributed by atoms with Gasteiger partial charge in [0.05, 0.1) is 5.02 Å². The highest BCUT2D eigenvalue weighted by Gasteiger charge is 2.31. The molecule has 0 spiro atoms. The molecule has 1 unspecified atom stereocenters. The summed E-state index contributed by atoms with van der Waals surface area (Å²) in [7, 11) is 0. The van der Waals surface area contributed by atoms with Crippen molar-refractivity contribution in [1.29, 1.82) is 0 Å². The minimum absolute atomic E-state index is 0.440. The van der Waals surface area contributed by atoms with Crippen LogP contribution in [0.2, 0.25) is 5.02 Å². The Kier molecular flexibility index (Phi) is 5.25. The first-order valence-corrected chi connectivity index (χ1v) is 6.90.